The molecule has 4 heteroatoms. The van der Waals surface area contributed by atoms with Gasteiger partial charge in [-0.05, 0) is 42.1 Å². The molecule has 2 rings (SSSR count). The number of nitrogen functional groups attached to an aromatic ring is 1. The number of anilines is 1. The number of thiophene rings is 1. The molecule has 0 saturated carbocycles. The van der Waals surface area contributed by atoms with E-state index in [9.17, 15) is 4.79 Å². The third-order valence-electron chi connectivity index (χ3n) is 2.33. The minimum absolute atomic E-state index is 0.00806. The maximum atomic E-state index is 12.2. The van der Waals surface area contributed by atoms with Gasteiger partial charge in [0.15, 0.2) is 0 Å². The molecule has 0 amide bonds. The highest BCUT2D eigenvalue weighted by Gasteiger charge is 2.15. The number of rotatable bonds is 2. The van der Waals surface area contributed by atoms with E-state index in [1.54, 1.807) is 12.1 Å². The highest BCUT2D eigenvalue weighted by Crippen LogP contribution is 2.25. The minimum atomic E-state index is -0.00806. The molecule has 0 radical (unpaired) electrons. The first-order chi connectivity index (χ1) is 7.59. The van der Waals surface area contributed by atoms with Crippen LogP contribution < -0.4 is 5.73 Å². The molecule has 1 aromatic heterocycles. The maximum absolute atomic E-state index is 12.2. The van der Waals surface area contributed by atoms with E-state index in [0.717, 1.165) is 14.9 Å². The van der Waals surface area contributed by atoms with E-state index in [2.05, 4.69) is 15.9 Å². The summed E-state index contributed by atoms with van der Waals surface area (Å²) in [5, 5.41) is 1.91. The van der Waals surface area contributed by atoms with E-state index in [4.69, 9.17) is 5.73 Å². The summed E-state index contributed by atoms with van der Waals surface area (Å²) in [6.07, 6.45) is 0. The van der Waals surface area contributed by atoms with Gasteiger partial charge in [0.05, 0.1) is 4.88 Å². The van der Waals surface area contributed by atoms with Gasteiger partial charge in [-0.3, -0.25) is 4.79 Å². The zero-order chi connectivity index (χ0) is 11.7. The molecule has 0 aliphatic carbocycles. The molecule has 0 aliphatic heterocycles. The second-order valence-corrected chi connectivity index (χ2v) is 5.33. The monoisotopic (exact) mass is 295 g/mol. The number of halogens is 1. The molecule has 82 valence electrons. The van der Waals surface area contributed by atoms with E-state index in [1.807, 2.05) is 24.4 Å². The van der Waals surface area contributed by atoms with Gasteiger partial charge in [-0.1, -0.05) is 15.9 Å². The Morgan fingerprint density at radius 1 is 1.38 bits per heavy atom. The first-order valence-corrected chi connectivity index (χ1v) is 6.40. The molecule has 0 fully saturated rings. The van der Waals surface area contributed by atoms with Crippen LogP contribution in [-0.2, 0) is 0 Å². The van der Waals surface area contributed by atoms with Crippen LogP contribution in [0.2, 0.25) is 0 Å². The van der Waals surface area contributed by atoms with Crippen molar-refractivity contribution in [1.29, 1.82) is 0 Å². The molecule has 0 atom stereocenters. The molecular formula is C12H10BrNOS. The summed E-state index contributed by atoms with van der Waals surface area (Å²) in [6.45, 7) is 1.93. The van der Waals surface area contributed by atoms with Crippen molar-refractivity contribution in [1.82, 2.24) is 0 Å². The van der Waals surface area contributed by atoms with Crippen LogP contribution in [0.15, 0.2) is 34.1 Å². The van der Waals surface area contributed by atoms with Crippen molar-refractivity contribution in [3.63, 3.8) is 0 Å². The van der Waals surface area contributed by atoms with Crippen molar-refractivity contribution in [2.75, 3.05) is 5.73 Å². The number of hydrogen-bond donors (Lipinski definition) is 1. The molecule has 0 unspecified atom stereocenters. The Bertz CT molecular complexity index is 548. The Kier molecular flexibility index (Phi) is 3.12. The van der Waals surface area contributed by atoms with Crippen molar-refractivity contribution in [3.05, 3.63) is 50.1 Å². The van der Waals surface area contributed by atoms with E-state index < -0.39 is 0 Å². The Balaban J connectivity index is 2.49. The Labute approximate surface area is 106 Å². The number of nitrogens with two attached hydrogens (primary N) is 1. The first kappa shape index (κ1) is 11.4. The second kappa shape index (κ2) is 4.39. The number of carbonyl (C=O) groups is 1. The highest BCUT2D eigenvalue weighted by molar-refractivity contribution is 9.10. The molecule has 1 aromatic carbocycles. The fourth-order valence-corrected chi connectivity index (χ4v) is 2.69. The molecule has 1 heterocycles. The standard InChI is InChI=1S/C12H10BrNOS/c1-7-4-5-16-12(7)11(15)9-6-8(13)2-3-10(9)14/h2-6H,14H2,1H3. The summed E-state index contributed by atoms with van der Waals surface area (Å²) in [5.74, 6) is -0.00806. The van der Waals surface area contributed by atoms with Crippen molar-refractivity contribution in [2.45, 2.75) is 6.92 Å². The summed E-state index contributed by atoms with van der Waals surface area (Å²) in [7, 11) is 0. The summed E-state index contributed by atoms with van der Waals surface area (Å²) in [4.78, 5) is 13.0. The quantitative estimate of drug-likeness (QED) is 0.679. The van der Waals surface area contributed by atoms with Crippen LogP contribution in [0.25, 0.3) is 0 Å². The van der Waals surface area contributed by atoms with Crippen LogP contribution in [0, 0.1) is 6.92 Å². The molecule has 2 N–H and O–H groups in total. The van der Waals surface area contributed by atoms with Gasteiger partial charge in [-0.25, -0.2) is 0 Å². The lowest BCUT2D eigenvalue weighted by molar-refractivity contribution is 0.104. The van der Waals surface area contributed by atoms with Crippen LogP contribution in [0.4, 0.5) is 5.69 Å². The number of hydrogen-bond acceptors (Lipinski definition) is 3. The molecular weight excluding hydrogens is 286 g/mol. The SMILES string of the molecule is Cc1ccsc1C(=O)c1cc(Br)ccc1N. The van der Waals surface area contributed by atoms with Crippen LogP contribution in [0.5, 0.6) is 0 Å². The number of ketones is 1. The maximum Gasteiger partial charge on any atom is 0.205 e. The average Bonchev–Trinajstić information content (AvgIpc) is 2.67. The Morgan fingerprint density at radius 2 is 2.12 bits per heavy atom. The number of carbonyl (C=O) groups excluding carboxylic acids is 1. The zero-order valence-electron chi connectivity index (χ0n) is 8.66. The predicted molar refractivity (Wildman–Crippen MR) is 71.0 cm³/mol. The molecule has 0 aliphatic rings. The van der Waals surface area contributed by atoms with Gasteiger partial charge in [0.25, 0.3) is 0 Å². The summed E-state index contributed by atoms with van der Waals surface area (Å²) in [6, 6.07) is 7.26. The lowest BCUT2D eigenvalue weighted by Crippen LogP contribution is -2.04. The Morgan fingerprint density at radius 3 is 2.75 bits per heavy atom. The third kappa shape index (κ3) is 2.03. The molecule has 16 heavy (non-hydrogen) atoms. The van der Waals surface area contributed by atoms with Gasteiger partial charge in [0, 0.05) is 15.7 Å². The largest absolute Gasteiger partial charge is 0.398 e. The lowest BCUT2D eigenvalue weighted by Gasteiger charge is -2.04. The highest BCUT2D eigenvalue weighted by atomic mass is 79.9. The molecule has 0 bridgehead atoms. The smallest absolute Gasteiger partial charge is 0.205 e. The van der Waals surface area contributed by atoms with Crippen molar-refractivity contribution < 1.29 is 4.79 Å². The summed E-state index contributed by atoms with van der Waals surface area (Å²) in [5.41, 5.74) is 7.87. The Hall–Kier alpha value is -1.13. The molecule has 2 nitrogen and oxygen atoms in total. The van der Waals surface area contributed by atoms with Crippen molar-refractivity contribution in [3.8, 4) is 0 Å². The van der Waals surface area contributed by atoms with E-state index in [-0.39, 0.29) is 5.78 Å². The van der Waals surface area contributed by atoms with Gasteiger partial charge in [-0.15, -0.1) is 11.3 Å². The number of aryl methyl sites for hydroxylation is 1. The van der Waals surface area contributed by atoms with Crippen LogP contribution in [0.3, 0.4) is 0 Å². The average molecular weight is 296 g/mol. The van der Waals surface area contributed by atoms with Gasteiger partial charge < -0.3 is 5.73 Å². The summed E-state index contributed by atoms with van der Waals surface area (Å²) >= 11 is 4.79. The van der Waals surface area contributed by atoms with E-state index >= 15 is 0 Å². The number of benzene rings is 1. The van der Waals surface area contributed by atoms with Gasteiger partial charge in [-0.2, -0.15) is 0 Å². The third-order valence-corrected chi connectivity index (χ3v) is 3.84. The topological polar surface area (TPSA) is 43.1 Å². The lowest BCUT2D eigenvalue weighted by atomic mass is 10.1. The predicted octanol–water partition coefficient (Wildman–Crippen LogP) is 3.63. The van der Waals surface area contributed by atoms with Gasteiger partial charge in [0.2, 0.25) is 5.78 Å². The van der Waals surface area contributed by atoms with Gasteiger partial charge in [0.1, 0.15) is 0 Å². The summed E-state index contributed by atoms with van der Waals surface area (Å²) < 4.78 is 0.860. The minimum Gasteiger partial charge on any atom is -0.398 e. The van der Waals surface area contributed by atoms with Gasteiger partial charge >= 0.3 is 0 Å². The molecule has 2 aromatic rings. The zero-order valence-corrected chi connectivity index (χ0v) is 11.1. The normalized spacial score (nSPS) is 10.4. The second-order valence-electron chi connectivity index (χ2n) is 3.49. The van der Waals surface area contributed by atoms with E-state index in [1.165, 1.54) is 11.3 Å². The fourth-order valence-electron chi connectivity index (χ4n) is 1.45. The molecule has 0 saturated heterocycles. The van der Waals surface area contributed by atoms with Crippen molar-refractivity contribution in [2.24, 2.45) is 0 Å². The van der Waals surface area contributed by atoms with E-state index in [0.29, 0.717) is 11.3 Å². The van der Waals surface area contributed by atoms with Crippen LogP contribution in [-0.4, -0.2) is 5.78 Å². The van der Waals surface area contributed by atoms with Crippen molar-refractivity contribution >= 4 is 38.7 Å². The molecule has 0 spiro atoms. The van der Waals surface area contributed by atoms with Crippen LogP contribution in [0.1, 0.15) is 20.8 Å². The first-order valence-electron chi connectivity index (χ1n) is 4.73. The fraction of sp³-hybridized carbons (Fsp3) is 0.0833. The van der Waals surface area contributed by atoms with Crippen LogP contribution >= 0.6 is 27.3 Å².